The number of benzene rings is 8. The van der Waals surface area contributed by atoms with Gasteiger partial charge in [0.15, 0.2) is 11.6 Å². The molecule has 0 spiro atoms. The maximum Gasteiger partial charge on any atom is 0.338 e. The number of carbonyl (C=O) groups is 2. The van der Waals surface area contributed by atoms with E-state index in [1.54, 1.807) is 121 Å². The zero-order valence-electron chi connectivity index (χ0n) is 33.9. The van der Waals surface area contributed by atoms with E-state index in [0.717, 1.165) is 0 Å². The zero-order chi connectivity index (χ0) is 45.0. The number of hydrogen-bond donors (Lipinski definition) is 0. The summed E-state index contributed by atoms with van der Waals surface area (Å²) in [6, 6.07) is 49.9. The van der Waals surface area contributed by atoms with Crippen LogP contribution in [0.3, 0.4) is 0 Å². The Bertz CT molecular complexity index is 3480. The van der Waals surface area contributed by atoms with Crippen LogP contribution in [-0.4, -0.2) is 38.3 Å². The first-order valence-electron chi connectivity index (χ1n) is 20.2. The number of hydrogen-bond acceptors (Lipinski definition) is 6. The van der Waals surface area contributed by atoms with Crippen molar-refractivity contribution in [2.75, 3.05) is 0 Å². The number of carbonyl (C=O) groups excluding carboxylic acids is 2. The highest BCUT2D eigenvalue weighted by Crippen LogP contribution is 2.28. The maximum absolute atomic E-state index is 14.2. The molecule has 10 aromatic rings. The molecule has 316 valence electrons. The van der Waals surface area contributed by atoms with Crippen LogP contribution in [0, 0.1) is 11.6 Å². The number of rotatable bonds is 10. The van der Waals surface area contributed by atoms with Gasteiger partial charge in [0.25, 0.3) is 0 Å². The standard InChI is InChI=1S/C52H32F2N4O6S/c53-37-17-9-33(10-18-37)49(59)35-13-21-39(22-14-35)55-45-5-1-3-7-47(45)57(51(55)61)41-25-29-43(30-26-41)65(63,64)44-31-27-42(28-32-44)58-48-8-4-2-6-46(48)56(52(58)62)40-23-15-36(16-24-40)50(60)34-11-19-38(54)20-12-34/h1-32H. The molecule has 65 heavy (non-hydrogen) atoms. The van der Waals surface area contributed by atoms with Crippen molar-refractivity contribution in [2.24, 2.45) is 0 Å². The van der Waals surface area contributed by atoms with Gasteiger partial charge in [0.05, 0.1) is 54.6 Å². The first-order valence-corrected chi connectivity index (χ1v) is 21.7. The quantitative estimate of drug-likeness (QED) is 0.126. The van der Waals surface area contributed by atoms with Gasteiger partial charge in [-0.05, 0) is 170 Å². The van der Waals surface area contributed by atoms with Crippen molar-refractivity contribution in [1.29, 1.82) is 0 Å². The van der Waals surface area contributed by atoms with E-state index in [-0.39, 0.29) is 21.4 Å². The van der Waals surface area contributed by atoms with Crippen LogP contribution in [0.1, 0.15) is 31.8 Å². The normalized spacial score (nSPS) is 11.6. The lowest BCUT2D eigenvalue weighted by Crippen LogP contribution is -2.22. The highest BCUT2D eigenvalue weighted by Gasteiger charge is 2.22. The van der Waals surface area contributed by atoms with Crippen LogP contribution < -0.4 is 11.4 Å². The van der Waals surface area contributed by atoms with Gasteiger partial charge < -0.3 is 0 Å². The summed E-state index contributed by atoms with van der Waals surface area (Å²) in [5.41, 5.74) is 4.71. The molecule has 0 aliphatic rings. The smallest absolute Gasteiger partial charge is 0.289 e. The minimum atomic E-state index is -4.06. The fourth-order valence-electron chi connectivity index (χ4n) is 8.04. The Morgan fingerprint density at radius 3 is 0.831 bits per heavy atom. The van der Waals surface area contributed by atoms with Crippen molar-refractivity contribution in [3.63, 3.8) is 0 Å². The molecule has 0 aliphatic carbocycles. The molecule has 2 aromatic heterocycles. The lowest BCUT2D eigenvalue weighted by Gasteiger charge is -2.09. The number of imidazole rings is 2. The number of ketones is 2. The third-order valence-corrected chi connectivity index (χ3v) is 13.1. The second-order valence-electron chi connectivity index (χ2n) is 15.1. The van der Waals surface area contributed by atoms with Crippen LogP contribution >= 0.6 is 0 Å². The van der Waals surface area contributed by atoms with Crippen molar-refractivity contribution >= 4 is 43.5 Å². The summed E-state index contributed by atoms with van der Waals surface area (Å²) in [5, 5.41) is 0. The van der Waals surface area contributed by atoms with Gasteiger partial charge in [-0.25, -0.2) is 26.8 Å². The minimum Gasteiger partial charge on any atom is -0.289 e. The molecule has 0 amide bonds. The van der Waals surface area contributed by atoms with Crippen LogP contribution in [0.2, 0.25) is 0 Å². The maximum atomic E-state index is 14.2. The van der Waals surface area contributed by atoms with E-state index >= 15 is 0 Å². The van der Waals surface area contributed by atoms with E-state index in [2.05, 4.69) is 0 Å². The van der Waals surface area contributed by atoms with Crippen LogP contribution in [0.5, 0.6) is 0 Å². The van der Waals surface area contributed by atoms with Gasteiger partial charge in [0.2, 0.25) is 9.84 Å². The second-order valence-corrected chi connectivity index (χ2v) is 17.1. The third-order valence-electron chi connectivity index (χ3n) is 11.3. The first kappa shape index (κ1) is 40.5. The van der Waals surface area contributed by atoms with Crippen LogP contribution in [0.25, 0.3) is 44.8 Å². The van der Waals surface area contributed by atoms with Crippen molar-refractivity contribution in [3.8, 4) is 22.7 Å². The molecular weight excluding hydrogens is 847 g/mol. The molecule has 0 saturated carbocycles. The second kappa shape index (κ2) is 16.0. The van der Waals surface area contributed by atoms with Crippen LogP contribution in [-0.2, 0) is 9.84 Å². The number of para-hydroxylation sites is 4. The van der Waals surface area contributed by atoms with E-state index < -0.39 is 32.9 Å². The molecule has 0 radical (unpaired) electrons. The Kier molecular flexibility index (Phi) is 9.96. The number of sulfone groups is 1. The molecule has 0 N–H and O–H groups in total. The zero-order valence-corrected chi connectivity index (χ0v) is 34.7. The van der Waals surface area contributed by atoms with Gasteiger partial charge >= 0.3 is 11.4 Å². The summed E-state index contributed by atoms with van der Waals surface area (Å²) in [5.74, 6) is -1.48. The molecule has 13 heteroatoms. The fraction of sp³-hybridized carbons (Fsp3) is 0. The highest BCUT2D eigenvalue weighted by molar-refractivity contribution is 7.91. The predicted octanol–water partition coefficient (Wildman–Crippen LogP) is 9.45. The highest BCUT2D eigenvalue weighted by atomic mass is 32.2. The Labute approximate surface area is 368 Å². The van der Waals surface area contributed by atoms with Gasteiger partial charge in [0, 0.05) is 22.3 Å². The monoisotopic (exact) mass is 878 g/mol. The summed E-state index contributed by atoms with van der Waals surface area (Å²) in [6.07, 6.45) is 0. The van der Waals surface area contributed by atoms with Crippen LogP contribution in [0.4, 0.5) is 8.78 Å². The van der Waals surface area contributed by atoms with E-state index in [9.17, 15) is 36.4 Å². The van der Waals surface area contributed by atoms with Crippen LogP contribution in [0.15, 0.2) is 214 Å². The summed E-state index contributed by atoms with van der Waals surface area (Å²) < 4.78 is 60.8. The number of aromatic nitrogens is 4. The van der Waals surface area contributed by atoms with Gasteiger partial charge in [-0.3, -0.25) is 27.9 Å². The van der Waals surface area contributed by atoms with E-state index in [4.69, 9.17) is 0 Å². The molecule has 0 unspecified atom stereocenters. The van der Waals surface area contributed by atoms with Gasteiger partial charge in [-0.2, -0.15) is 0 Å². The molecule has 8 aromatic carbocycles. The minimum absolute atomic E-state index is 0.0117. The van der Waals surface area contributed by atoms with Crippen molar-refractivity contribution < 1.29 is 26.8 Å². The topological polar surface area (TPSA) is 122 Å². The number of halogens is 2. The molecule has 0 fully saturated rings. The van der Waals surface area contributed by atoms with E-state index in [1.807, 2.05) is 0 Å². The lowest BCUT2D eigenvalue weighted by atomic mass is 10.0. The van der Waals surface area contributed by atoms with Gasteiger partial charge in [0.1, 0.15) is 11.6 Å². The van der Waals surface area contributed by atoms with Gasteiger partial charge in [-0.15, -0.1) is 0 Å². The average Bonchev–Trinajstić information content (AvgIpc) is 3.81. The fourth-order valence-corrected chi connectivity index (χ4v) is 9.30. The number of fused-ring (bicyclic) bond motifs is 2. The SMILES string of the molecule is O=C(c1ccc(F)cc1)c1ccc(-n2c(=O)n(-c3ccc(S(=O)(=O)c4ccc(-n5c(=O)n(-c6ccc(C(=O)c7ccc(F)cc7)cc6)c6ccccc65)cc4)cc3)c3ccccc32)cc1. The Balaban J connectivity index is 0.926. The third kappa shape index (κ3) is 7.09. The molecule has 10 rings (SSSR count). The van der Waals surface area contributed by atoms with Crippen molar-refractivity contribution in [1.82, 2.24) is 18.3 Å². The molecule has 0 bridgehead atoms. The molecule has 0 atom stereocenters. The van der Waals surface area contributed by atoms with Gasteiger partial charge in [-0.1, -0.05) is 24.3 Å². The molecule has 0 aliphatic heterocycles. The van der Waals surface area contributed by atoms with E-state index in [1.165, 1.54) is 91.1 Å². The van der Waals surface area contributed by atoms with E-state index in [0.29, 0.717) is 67.1 Å². The molecular formula is C52H32F2N4O6S. The Morgan fingerprint density at radius 2 is 0.569 bits per heavy atom. The lowest BCUT2D eigenvalue weighted by molar-refractivity contribution is 0.103. The number of nitrogens with zero attached hydrogens (tertiary/aromatic N) is 4. The molecule has 2 heterocycles. The Hall–Kier alpha value is -8.55. The van der Waals surface area contributed by atoms with Crippen molar-refractivity contribution in [2.45, 2.75) is 9.79 Å². The molecule has 0 saturated heterocycles. The largest absolute Gasteiger partial charge is 0.338 e. The summed E-state index contributed by atoms with van der Waals surface area (Å²) in [6.45, 7) is 0. The molecule has 10 nitrogen and oxygen atoms in total. The first-order chi connectivity index (χ1) is 31.5. The summed E-state index contributed by atoms with van der Waals surface area (Å²) in [4.78, 5) is 54.3. The Morgan fingerprint density at radius 1 is 0.338 bits per heavy atom. The average molecular weight is 879 g/mol. The predicted molar refractivity (Wildman–Crippen MR) is 243 cm³/mol. The van der Waals surface area contributed by atoms with Crippen molar-refractivity contribution in [3.05, 3.63) is 249 Å². The summed E-state index contributed by atoms with van der Waals surface area (Å²) in [7, 11) is -4.06. The summed E-state index contributed by atoms with van der Waals surface area (Å²) >= 11 is 0.